The number of anilines is 1. The van der Waals surface area contributed by atoms with Gasteiger partial charge in [0.1, 0.15) is 6.54 Å². The van der Waals surface area contributed by atoms with Crippen molar-refractivity contribution < 1.29 is 17.2 Å². The van der Waals surface area contributed by atoms with Gasteiger partial charge in [-0.3, -0.25) is 9.40 Å². The molecule has 2 aromatic heterocycles. The molecule has 2 heterocycles. The van der Waals surface area contributed by atoms with E-state index in [4.69, 9.17) is 11.6 Å². The number of alkyl halides is 2. The van der Waals surface area contributed by atoms with Gasteiger partial charge in [0.2, 0.25) is 0 Å². The zero-order valence-electron chi connectivity index (χ0n) is 12.2. The third-order valence-electron chi connectivity index (χ3n) is 3.30. The molecule has 1 aromatic carbocycles. The summed E-state index contributed by atoms with van der Waals surface area (Å²) in [4.78, 5) is 4.04. The first-order valence-electron chi connectivity index (χ1n) is 6.66. The minimum Gasteiger partial charge on any atom is -0.276 e. The van der Waals surface area contributed by atoms with Crippen molar-refractivity contribution in [2.24, 2.45) is 0 Å². The molecule has 0 aliphatic heterocycles. The van der Waals surface area contributed by atoms with Crippen LogP contribution in [0.2, 0.25) is 4.47 Å². The monoisotopic (exact) mass is 392 g/mol. The molecule has 6 nitrogen and oxygen atoms in total. The number of rotatable bonds is 5. The quantitative estimate of drug-likeness (QED) is 0.720. The molecule has 0 fully saturated rings. The molecule has 0 saturated heterocycles. The van der Waals surface area contributed by atoms with Crippen LogP contribution < -0.4 is 4.72 Å². The van der Waals surface area contributed by atoms with E-state index in [1.165, 1.54) is 36.6 Å². The highest BCUT2D eigenvalue weighted by atomic mass is 35.5. The van der Waals surface area contributed by atoms with Gasteiger partial charge in [-0.05, 0) is 25.1 Å². The van der Waals surface area contributed by atoms with Crippen LogP contribution in [0.3, 0.4) is 0 Å². The van der Waals surface area contributed by atoms with E-state index >= 15 is 0 Å². The molecule has 0 amide bonds. The standard InChI is InChI=1S/C13H11ClF2N4O2S2/c1-7-10(5-17-20(7)6-12(15)16)19-24(21,22)8-2-3-11-9(4-8)18-13(14)23-11/h2-5,12,19H,6H2,1H3. The maximum Gasteiger partial charge on any atom is 0.262 e. The lowest BCUT2D eigenvalue weighted by molar-refractivity contribution is 0.121. The van der Waals surface area contributed by atoms with Crippen LogP contribution in [0.5, 0.6) is 0 Å². The second-order valence-electron chi connectivity index (χ2n) is 4.92. The average molecular weight is 393 g/mol. The second kappa shape index (κ2) is 6.26. The van der Waals surface area contributed by atoms with Gasteiger partial charge in [-0.1, -0.05) is 11.6 Å². The van der Waals surface area contributed by atoms with E-state index < -0.39 is 23.0 Å². The molecule has 0 saturated carbocycles. The summed E-state index contributed by atoms with van der Waals surface area (Å²) in [6.45, 7) is 0.910. The SMILES string of the molecule is Cc1c(NS(=O)(=O)c2ccc3sc(Cl)nc3c2)cnn1CC(F)F. The summed E-state index contributed by atoms with van der Waals surface area (Å²) in [7, 11) is -3.90. The molecule has 0 unspecified atom stereocenters. The van der Waals surface area contributed by atoms with Gasteiger partial charge in [0.25, 0.3) is 16.4 Å². The molecule has 0 atom stereocenters. The van der Waals surface area contributed by atoms with Gasteiger partial charge in [0.15, 0.2) is 4.47 Å². The molecule has 0 spiro atoms. The van der Waals surface area contributed by atoms with Crippen molar-refractivity contribution in [3.05, 3.63) is 34.6 Å². The Hall–Kier alpha value is -1.78. The van der Waals surface area contributed by atoms with Gasteiger partial charge in [-0.15, -0.1) is 11.3 Å². The Labute approximate surface area is 145 Å². The fourth-order valence-electron chi connectivity index (χ4n) is 2.11. The maximum atomic E-state index is 12.5. The van der Waals surface area contributed by atoms with E-state index in [0.29, 0.717) is 15.7 Å². The molecule has 11 heteroatoms. The Bertz CT molecular complexity index is 1000. The number of halogens is 3. The predicted molar refractivity (Wildman–Crippen MR) is 88.4 cm³/mol. The number of thiazole rings is 1. The van der Waals surface area contributed by atoms with E-state index in [0.717, 1.165) is 9.38 Å². The summed E-state index contributed by atoms with van der Waals surface area (Å²) in [6, 6.07) is 4.44. The molecule has 0 bridgehead atoms. The highest BCUT2D eigenvalue weighted by Gasteiger charge is 2.19. The minimum atomic E-state index is -3.90. The van der Waals surface area contributed by atoms with Gasteiger partial charge in [0, 0.05) is 0 Å². The van der Waals surface area contributed by atoms with Crippen molar-refractivity contribution in [3.63, 3.8) is 0 Å². The van der Waals surface area contributed by atoms with Crippen LogP contribution in [0.4, 0.5) is 14.5 Å². The minimum absolute atomic E-state index is 0.00187. The molecule has 3 aromatic rings. The van der Waals surface area contributed by atoms with Crippen LogP contribution in [-0.4, -0.2) is 29.6 Å². The summed E-state index contributed by atoms with van der Waals surface area (Å²) >= 11 is 7.06. The van der Waals surface area contributed by atoms with E-state index in [9.17, 15) is 17.2 Å². The predicted octanol–water partition coefficient (Wildman–Crippen LogP) is 3.52. The number of nitrogens with zero attached hydrogens (tertiary/aromatic N) is 3. The summed E-state index contributed by atoms with van der Waals surface area (Å²) in [5, 5.41) is 3.77. The summed E-state index contributed by atoms with van der Waals surface area (Å²) in [5.74, 6) is 0. The van der Waals surface area contributed by atoms with E-state index in [-0.39, 0.29) is 10.6 Å². The largest absolute Gasteiger partial charge is 0.276 e. The molecule has 0 aliphatic rings. The highest BCUT2D eigenvalue weighted by molar-refractivity contribution is 7.92. The normalized spacial score (nSPS) is 12.2. The Kier molecular flexibility index (Phi) is 4.45. The first-order chi connectivity index (χ1) is 11.3. The van der Waals surface area contributed by atoms with Crippen LogP contribution in [0.1, 0.15) is 5.69 Å². The number of nitrogens with one attached hydrogen (secondary N) is 1. The molecular formula is C13H11ClF2N4O2S2. The van der Waals surface area contributed by atoms with Crippen LogP contribution in [0.25, 0.3) is 10.2 Å². The van der Waals surface area contributed by atoms with E-state index in [1.807, 2.05) is 0 Å². The average Bonchev–Trinajstić information content (AvgIpc) is 3.01. The number of benzene rings is 1. The number of hydrogen-bond acceptors (Lipinski definition) is 5. The van der Waals surface area contributed by atoms with Crippen molar-refractivity contribution in [3.8, 4) is 0 Å². The Balaban J connectivity index is 1.91. The zero-order chi connectivity index (χ0) is 17.5. The lowest BCUT2D eigenvalue weighted by Gasteiger charge is -2.08. The first kappa shape index (κ1) is 17.1. The first-order valence-corrected chi connectivity index (χ1v) is 9.33. The fraction of sp³-hybridized carbons (Fsp3) is 0.231. The second-order valence-corrected chi connectivity index (χ2v) is 8.21. The van der Waals surface area contributed by atoms with Crippen molar-refractivity contribution in [2.75, 3.05) is 4.72 Å². The number of fused-ring (bicyclic) bond motifs is 1. The lowest BCUT2D eigenvalue weighted by Crippen LogP contribution is -2.14. The van der Waals surface area contributed by atoms with Gasteiger partial charge in [0.05, 0.1) is 32.7 Å². The lowest BCUT2D eigenvalue weighted by atomic mass is 10.3. The summed E-state index contributed by atoms with van der Waals surface area (Å²) in [5.41, 5.74) is 0.918. The van der Waals surface area contributed by atoms with E-state index in [1.54, 1.807) is 6.07 Å². The van der Waals surface area contributed by atoms with Crippen molar-refractivity contribution in [1.82, 2.24) is 14.8 Å². The molecular weight excluding hydrogens is 382 g/mol. The Morgan fingerprint density at radius 3 is 2.88 bits per heavy atom. The zero-order valence-corrected chi connectivity index (χ0v) is 14.6. The molecule has 0 radical (unpaired) electrons. The molecule has 3 rings (SSSR count). The number of sulfonamides is 1. The molecule has 24 heavy (non-hydrogen) atoms. The smallest absolute Gasteiger partial charge is 0.262 e. The molecule has 1 N–H and O–H groups in total. The number of aromatic nitrogens is 3. The van der Waals surface area contributed by atoms with E-state index in [2.05, 4.69) is 14.8 Å². The van der Waals surface area contributed by atoms with Crippen LogP contribution in [0.15, 0.2) is 29.3 Å². The van der Waals surface area contributed by atoms with Gasteiger partial charge in [-0.25, -0.2) is 22.2 Å². The van der Waals surface area contributed by atoms with Crippen LogP contribution in [0, 0.1) is 6.92 Å². The van der Waals surface area contributed by atoms with Gasteiger partial charge in [-0.2, -0.15) is 5.10 Å². The Morgan fingerprint density at radius 2 is 2.17 bits per heavy atom. The van der Waals surface area contributed by atoms with Crippen LogP contribution in [-0.2, 0) is 16.6 Å². The third kappa shape index (κ3) is 3.35. The third-order valence-corrected chi connectivity index (χ3v) is 5.81. The Morgan fingerprint density at radius 1 is 1.42 bits per heavy atom. The summed E-state index contributed by atoms with van der Waals surface area (Å²) in [6.07, 6.45) is -1.38. The van der Waals surface area contributed by atoms with Gasteiger partial charge < -0.3 is 0 Å². The van der Waals surface area contributed by atoms with Crippen LogP contribution >= 0.6 is 22.9 Å². The highest BCUT2D eigenvalue weighted by Crippen LogP contribution is 2.28. The summed E-state index contributed by atoms with van der Waals surface area (Å²) < 4.78 is 54.3. The molecule has 128 valence electrons. The van der Waals surface area contributed by atoms with Gasteiger partial charge >= 0.3 is 0 Å². The fourth-order valence-corrected chi connectivity index (χ4v) is 4.24. The topological polar surface area (TPSA) is 76.9 Å². The maximum absolute atomic E-state index is 12.5. The molecule has 0 aliphatic carbocycles. The number of hydrogen-bond donors (Lipinski definition) is 1. The van der Waals surface area contributed by atoms with Crippen molar-refractivity contribution in [1.29, 1.82) is 0 Å². The van der Waals surface area contributed by atoms with Crippen molar-refractivity contribution in [2.45, 2.75) is 24.8 Å². The van der Waals surface area contributed by atoms with Crippen molar-refractivity contribution >= 4 is 48.9 Å².